The summed E-state index contributed by atoms with van der Waals surface area (Å²) in [4.78, 5) is 13.8. The molecule has 0 radical (unpaired) electrons. The molecule has 0 saturated carbocycles. The van der Waals surface area contributed by atoms with Crippen molar-refractivity contribution in [3.63, 3.8) is 0 Å². The zero-order chi connectivity index (χ0) is 11.0. The molecule has 0 bridgehead atoms. The smallest absolute Gasteiger partial charge is 0.305 e. The highest BCUT2D eigenvalue weighted by Gasteiger charge is 2.15. The van der Waals surface area contributed by atoms with Crippen LogP contribution in [0.1, 0.15) is 0 Å². The minimum absolute atomic E-state index is 0.163. The number of halogens is 1. The molecule has 0 unspecified atom stereocenters. The van der Waals surface area contributed by atoms with Crippen LogP contribution in [0, 0.1) is 0 Å². The lowest BCUT2D eigenvalue weighted by Crippen LogP contribution is -1.92. The van der Waals surface area contributed by atoms with Crippen LogP contribution >= 0.6 is 22.9 Å². The van der Waals surface area contributed by atoms with Crippen molar-refractivity contribution in [2.24, 2.45) is 0 Å². The van der Waals surface area contributed by atoms with Crippen LogP contribution in [0.15, 0.2) is 10.9 Å². The Morgan fingerprint density at radius 2 is 2.13 bits per heavy atom. The predicted molar refractivity (Wildman–Crippen MR) is 60.6 cm³/mol. The van der Waals surface area contributed by atoms with E-state index in [0.717, 1.165) is 11.3 Å². The Balaban J connectivity index is 2.91. The predicted octanol–water partition coefficient (Wildman–Crippen LogP) is 2.26. The number of methoxy groups -OCH3 is 2. The quantitative estimate of drug-likeness (QED) is 0.883. The van der Waals surface area contributed by atoms with E-state index in [1.807, 2.05) is 0 Å². The maximum atomic E-state index is 11.2. The molecule has 6 heteroatoms. The zero-order valence-corrected chi connectivity index (χ0v) is 9.66. The summed E-state index contributed by atoms with van der Waals surface area (Å²) in [7, 11) is 3.03. The van der Waals surface area contributed by atoms with E-state index < -0.39 is 0 Å². The molecule has 1 N–H and O–H groups in total. The van der Waals surface area contributed by atoms with Crippen LogP contribution in [0.25, 0.3) is 10.2 Å². The Labute approximate surface area is 94.4 Å². The van der Waals surface area contributed by atoms with Gasteiger partial charge in [0.05, 0.1) is 19.2 Å². The number of fused-ring (bicyclic) bond motifs is 1. The fourth-order valence-electron chi connectivity index (χ4n) is 1.37. The van der Waals surface area contributed by atoms with E-state index in [1.165, 1.54) is 14.2 Å². The minimum Gasteiger partial charge on any atom is -0.494 e. The lowest BCUT2D eigenvalue weighted by Gasteiger charge is -2.07. The second-order valence-electron chi connectivity index (χ2n) is 2.81. The summed E-state index contributed by atoms with van der Waals surface area (Å²) in [6.45, 7) is 0. The molecule has 0 amide bonds. The summed E-state index contributed by atoms with van der Waals surface area (Å²) >= 11 is 7.03. The summed E-state index contributed by atoms with van der Waals surface area (Å²) in [6.07, 6.45) is 0. The van der Waals surface area contributed by atoms with Gasteiger partial charge in [-0.3, -0.25) is 4.79 Å². The highest BCUT2D eigenvalue weighted by atomic mass is 35.5. The Kier molecular flexibility index (Phi) is 2.58. The first-order chi connectivity index (χ1) is 7.17. The largest absolute Gasteiger partial charge is 0.494 e. The number of H-pyrrole nitrogens is 1. The number of benzene rings is 1. The molecule has 0 spiro atoms. The van der Waals surface area contributed by atoms with E-state index in [2.05, 4.69) is 4.98 Å². The second kappa shape index (κ2) is 3.75. The van der Waals surface area contributed by atoms with Gasteiger partial charge in [-0.25, -0.2) is 0 Å². The van der Waals surface area contributed by atoms with E-state index in [9.17, 15) is 4.79 Å². The number of ether oxygens (including phenoxy) is 2. The molecule has 2 aromatic rings. The van der Waals surface area contributed by atoms with Gasteiger partial charge in [0.15, 0.2) is 5.75 Å². The third-order valence-corrected chi connectivity index (χ3v) is 3.16. The SMILES string of the molecule is COc1cc(Cl)c(OC)c2sc(=O)[nH]c12. The van der Waals surface area contributed by atoms with Crippen LogP contribution in [-0.4, -0.2) is 19.2 Å². The molecular formula is C9H8ClNO3S. The molecule has 0 atom stereocenters. The first kappa shape index (κ1) is 10.3. The van der Waals surface area contributed by atoms with Crippen LogP contribution in [-0.2, 0) is 0 Å². The normalized spacial score (nSPS) is 10.6. The van der Waals surface area contributed by atoms with Gasteiger partial charge in [0, 0.05) is 6.07 Å². The van der Waals surface area contributed by atoms with E-state index in [-0.39, 0.29) is 4.87 Å². The van der Waals surface area contributed by atoms with E-state index in [0.29, 0.717) is 26.7 Å². The van der Waals surface area contributed by atoms with Crippen molar-refractivity contribution in [1.82, 2.24) is 4.98 Å². The monoisotopic (exact) mass is 245 g/mol. The van der Waals surface area contributed by atoms with Gasteiger partial charge in [-0.2, -0.15) is 0 Å². The molecule has 4 nitrogen and oxygen atoms in total. The summed E-state index contributed by atoms with van der Waals surface area (Å²) < 4.78 is 10.9. The standard InChI is InChI=1S/C9H8ClNO3S/c1-13-5-3-4(10)7(14-2)8-6(5)11-9(12)15-8/h3H,1-2H3,(H,11,12). The highest BCUT2D eigenvalue weighted by Crippen LogP contribution is 2.39. The average Bonchev–Trinajstić information content (AvgIpc) is 2.58. The number of hydrogen-bond donors (Lipinski definition) is 1. The Morgan fingerprint density at radius 3 is 2.73 bits per heavy atom. The first-order valence-electron chi connectivity index (χ1n) is 4.10. The zero-order valence-electron chi connectivity index (χ0n) is 8.09. The van der Waals surface area contributed by atoms with Crippen molar-refractivity contribution in [3.8, 4) is 11.5 Å². The van der Waals surface area contributed by atoms with E-state index in [4.69, 9.17) is 21.1 Å². The highest BCUT2D eigenvalue weighted by molar-refractivity contribution is 7.16. The average molecular weight is 246 g/mol. The molecule has 0 aliphatic heterocycles. The van der Waals surface area contributed by atoms with Gasteiger partial charge in [0.1, 0.15) is 16.0 Å². The third kappa shape index (κ3) is 1.57. The number of thiazole rings is 1. The van der Waals surface area contributed by atoms with Crippen molar-refractivity contribution >= 4 is 33.2 Å². The van der Waals surface area contributed by atoms with Crippen LogP contribution in [0.5, 0.6) is 11.5 Å². The van der Waals surface area contributed by atoms with Gasteiger partial charge in [-0.05, 0) is 0 Å². The van der Waals surface area contributed by atoms with E-state index >= 15 is 0 Å². The van der Waals surface area contributed by atoms with Crippen molar-refractivity contribution in [3.05, 3.63) is 20.8 Å². The van der Waals surface area contributed by atoms with Crippen LogP contribution in [0.3, 0.4) is 0 Å². The molecule has 1 aromatic heterocycles. The molecule has 0 fully saturated rings. The molecule has 0 saturated heterocycles. The molecular weight excluding hydrogens is 238 g/mol. The fourth-order valence-corrected chi connectivity index (χ4v) is 2.58. The summed E-state index contributed by atoms with van der Waals surface area (Å²) in [6, 6.07) is 1.62. The summed E-state index contributed by atoms with van der Waals surface area (Å²) in [5.74, 6) is 1.03. The molecule has 15 heavy (non-hydrogen) atoms. The lowest BCUT2D eigenvalue weighted by molar-refractivity contribution is 0.410. The van der Waals surface area contributed by atoms with Gasteiger partial charge >= 0.3 is 4.87 Å². The molecule has 0 aliphatic carbocycles. The lowest BCUT2D eigenvalue weighted by atomic mass is 10.3. The van der Waals surface area contributed by atoms with Gasteiger partial charge in [-0.15, -0.1) is 0 Å². The maximum absolute atomic E-state index is 11.2. The summed E-state index contributed by atoms with van der Waals surface area (Å²) in [5.41, 5.74) is 0.619. The van der Waals surface area contributed by atoms with E-state index in [1.54, 1.807) is 6.07 Å². The van der Waals surface area contributed by atoms with Gasteiger partial charge in [0.25, 0.3) is 0 Å². The van der Waals surface area contributed by atoms with Gasteiger partial charge < -0.3 is 14.5 Å². The Morgan fingerprint density at radius 1 is 1.40 bits per heavy atom. The molecule has 2 rings (SSSR count). The van der Waals surface area contributed by atoms with Crippen molar-refractivity contribution in [2.75, 3.05) is 14.2 Å². The number of aromatic nitrogens is 1. The Bertz CT molecular complexity index is 560. The number of hydrogen-bond acceptors (Lipinski definition) is 4. The first-order valence-corrected chi connectivity index (χ1v) is 5.30. The molecule has 1 heterocycles. The van der Waals surface area contributed by atoms with Crippen molar-refractivity contribution in [2.45, 2.75) is 0 Å². The topological polar surface area (TPSA) is 51.3 Å². The molecule has 1 aromatic carbocycles. The van der Waals surface area contributed by atoms with Crippen LogP contribution < -0.4 is 14.3 Å². The number of nitrogens with one attached hydrogen (secondary N) is 1. The maximum Gasteiger partial charge on any atom is 0.305 e. The van der Waals surface area contributed by atoms with Gasteiger partial charge in [-0.1, -0.05) is 22.9 Å². The third-order valence-electron chi connectivity index (χ3n) is 2.00. The summed E-state index contributed by atoms with van der Waals surface area (Å²) in [5, 5.41) is 0.428. The van der Waals surface area contributed by atoms with Gasteiger partial charge in [0.2, 0.25) is 0 Å². The van der Waals surface area contributed by atoms with Crippen molar-refractivity contribution in [1.29, 1.82) is 0 Å². The molecule has 80 valence electrons. The van der Waals surface area contributed by atoms with Crippen LogP contribution in [0.2, 0.25) is 5.02 Å². The minimum atomic E-state index is -0.163. The molecule has 0 aliphatic rings. The number of aromatic amines is 1. The Hall–Kier alpha value is -1.20. The fraction of sp³-hybridized carbons (Fsp3) is 0.222. The van der Waals surface area contributed by atoms with Crippen molar-refractivity contribution < 1.29 is 9.47 Å². The second-order valence-corrected chi connectivity index (χ2v) is 4.20. The number of rotatable bonds is 2. The van der Waals surface area contributed by atoms with Crippen LogP contribution in [0.4, 0.5) is 0 Å².